The molecule has 0 spiro atoms. The van der Waals surface area contributed by atoms with Crippen LogP contribution in [0.2, 0.25) is 0 Å². The molecule has 1 aliphatic rings. The van der Waals surface area contributed by atoms with Crippen LogP contribution in [0, 0.1) is 6.92 Å². The van der Waals surface area contributed by atoms with Crippen LogP contribution in [-0.2, 0) is 4.79 Å². The average Bonchev–Trinajstić information content (AvgIpc) is 2.32. The molecule has 18 heavy (non-hydrogen) atoms. The summed E-state index contributed by atoms with van der Waals surface area (Å²) in [7, 11) is 1.90. The lowest BCUT2D eigenvalue weighted by Crippen LogP contribution is -2.57. The van der Waals surface area contributed by atoms with Gasteiger partial charge in [-0.3, -0.25) is 4.79 Å². The maximum Gasteiger partial charge on any atom is 0.239 e. The number of carbonyl (C=O) groups excluding carboxylic acids is 1. The van der Waals surface area contributed by atoms with Crippen molar-refractivity contribution in [2.24, 2.45) is 0 Å². The van der Waals surface area contributed by atoms with Crippen molar-refractivity contribution in [1.29, 1.82) is 0 Å². The monoisotopic (exact) mass is 311 g/mol. The molecule has 0 radical (unpaired) electrons. The van der Waals surface area contributed by atoms with Crippen molar-refractivity contribution in [3.8, 4) is 0 Å². The molecule has 1 saturated heterocycles. The maximum atomic E-state index is 11.7. The number of nitrogens with zero attached hydrogens (tertiary/aromatic N) is 1. The van der Waals surface area contributed by atoms with Crippen molar-refractivity contribution >= 4 is 27.5 Å². The van der Waals surface area contributed by atoms with E-state index in [2.05, 4.69) is 44.5 Å². The van der Waals surface area contributed by atoms with E-state index in [-0.39, 0.29) is 11.9 Å². The van der Waals surface area contributed by atoms with Gasteiger partial charge >= 0.3 is 0 Å². The van der Waals surface area contributed by atoms with Gasteiger partial charge in [-0.1, -0.05) is 15.9 Å². The first-order valence-corrected chi connectivity index (χ1v) is 6.84. The van der Waals surface area contributed by atoms with E-state index >= 15 is 0 Å². The van der Waals surface area contributed by atoms with Crippen molar-refractivity contribution in [2.75, 3.05) is 31.6 Å². The molecule has 1 aliphatic heterocycles. The number of amides is 1. The van der Waals surface area contributed by atoms with Gasteiger partial charge in [0.15, 0.2) is 0 Å². The Labute approximate surface area is 116 Å². The van der Waals surface area contributed by atoms with Gasteiger partial charge in [-0.15, -0.1) is 0 Å². The highest BCUT2D eigenvalue weighted by atomic mass is 79.9. The Kier molecular flexibility index (Phi) is 4.24. The molecule has 5 heteroatoms. The van der Waals surface area contributed by atoms with Crippen molar-refractivity contribution in [3.63, 3.8) is 0 Å². The second-order valence-electron chi connectivity index (χ2n) is 4.64. The summed E-state index contributed by atoms with van der Waals surface area (Å²) in [5, 5.41) is 6.09. The summed E-state index contributed by atoms with van der Waals surface area (Å²) in [6.45, 7) is 4.12. The number of benzene rings is 1. The Hall–Kier alpha value is -1.07. The largest absolute Gasteiger partial charge is 0.360 e. The number of carbonyl (C=O) groups is 1. The average molecular weight is 312 g/mol. The third-order valence-electron chi connectivity index (χ3n) is 3.10. The fraction of sp³-hybridized carbons (Fsp3) is 0.462. The molecule has 2 N–H and O–H groups in total. The van der Waals surface area contributed by atoms with Crippen LogP contribution in [0.3, 0.4) is 0 Å². The van der Waals surface area contributed by atoms with Crippen LogP contribution in [-0.4, -0.2) is 38.6 Å². The third kappa shape index (κ3) is 3.03. The number of halogens is 1. The first-order chi connectivity index (χ1) is 8.60. The second kappa shape index (κ2) is 5.71. The Balaban J connectivity index is 2.15. The molecule has 0 bridgehead atoms. The summed E-state index contributed by atoms with van der Waals surface area (Å²) < 4.78 is 1.10. The third-order valence-corrected chi connectivity index (χ3v) is 3.99. The Morgan fingerprint density at radius 3 is 3.00 bits per heavy atom. The molecule has 1 atom stereocenters. The van der Waals surface area contributed by atoms with Crippen LogP contribution in [0.1, 0.15) is 5.56 Å². The minimum atomic E-state index is 0.0853. The summed E-state index contributed by atoms with van der Waals surface area (Å²) >= 11 is 3.49. The van der Waals surface area contributed by atoms with E-state index in [4.69, 9.17) is 0 Å². The fourth-order valence-electron chi connectivity index (χ4n) is 2.21. The summed E-state index contributed by atoms with van der Waals surface area (Å²) in [6, 6.07) is 6.36. The predicted molar refractivity (Wildman–Crippen MR) is 76.9 cm³/mol. The highest BCUT2D eigenvalue weighted by Gasteiger charge is 2.24. The summed E-state index contributed by atoms with van der Waals surface area (Å²) in [4.78, 5) is 13.8. The fourth-order valence-corrected chi connectivity index (χ4v) is 2.45. The van der Waals surface area contributed by atoms with E-state index in [0.717, 1.165) is 23.2 Å². The molecule has 1 aromatic carbocycles. The van der Waals surface area contributed by atoms with E-state index < -0.39 is 0 Å². The molecule has 1 unspecified atom stereocenters. The molecule has 4 nitrogen and oxygen atoms in total. The number of piperazine rings is 1. The molecular formula is C13H18BrN3O. The zero-order valence-corrected chi connectivity index (χ0v) is 12.3. The van der Waals surface area contributed by atoms with E-state index in [9.17, 15) is 4.79 Å². The number of likely N-dealkylation sites (N-methyl/N-ethyl adjacent to an activating group) is 1. The first kappa shape index (κ1) is 13.4. The van der Waals surface area contributed by atoms with Crippen LogP contribution in [0.5, 0.6) is 0 Å². The summed E-state index contributed by atoms with van der Waals surface area (Å²) in [5.41, 5.74) is 2.29. The van der Waals surface area contributed by atoms with Crippen molar-refractivity contribution in [1.82, 2.24) is 10.6 Å². The molecule has 1 amide bonds. The summed E-state index contributed by atoms with van der Waals surface area (Å²) in [5.74, 6) is 0.0853. The highest BCUT2D eigenvalue weighted by molar-refractivity contribution is 9.10. The molecule has 0 aromatic heterocycles. The van der Waals surface area contributed by atoms with Crippen LogP contribution < -0.4 is 15.5 Å². The van der Waals surface area contributed by atoms with E-state index in [1.807, 2.05) is 19.2 Å². The standard InChI is InChI=1S/C13H18BrN3O/c1-9-5-11(3-4-12(9)14)17-7-10(6-15-2)16-13(18)8-17/h3-5,10,15H,6-8H2,1-2H3,(H,16,18). The van der Waals surface area contributed by atoms with Gasteiger partial charge in [-0.25, -0.2) is 0 Å². The van der Waals surface area contributed by atoms with Crippen LogP contribution in [0.4, 0.5) is 5.69 Å². The molecule has 1 heterocycles. The number of hydrogen-bond donors (Lipinski definition) is 2. The molecule has 2 rings (SSSR count). The maximum absolute atomic E-state index is 11.7. The number of anilines is 1. The van der Waals surface area contributed by atoms with Gasteiger partial charge in [0.25, 0.3) is 0 Å². The molecule has 98 valence electrons. The zero-order chi connectivity index (χ0) is 13.1. The smallest absolute Gasteiger partial charge is 0.239 e. The van der Waals surface area contributed by atoms with Gasteiger partial charge in [0, 0.05) is 23.2 Å². The Morgan fingerprint density at radius 1 is 1.56 bits per heavy atom. The van der Waals surface area contributed by atoms with Gasteiger partial charge in [0.2, 0.25) is 5.91 Å². The van der Waals surface area contributed by atoms with Crippen molar-refractivity contribution < 1.29 is 4.79 Å². The van der Waals surface area contributed by atoms with Crippen molar-refractivity contribution in [3.05, 3.63) is 28.2 Å². The van der Waals surface area contributed by atoms with Crippen molar-refractivity contribution in [2.45, 2.75) is 13.0 Å². The van der Waals surface area contributed by atoms with Gasteiger partial charge in [0.05, 0.1) is 12.6 Å². The number of aryl methyl sites for hydroxylation is 1. The van der Waals surface area contributed by atoms with Crippen LogP contribution in [0.15, 0.2) is 22.7 Å². The van der Waals surface area contributed by atoms with Gasteiger partial charge < -0.3 is 15.5 Å². The lowest BCUT2D eigenvalue weighted by atomic mass is 10.1. The Bertz CT molecular complexity index is 450. The first-order valence-electron chi connectivity index (χ1n) is 6.05. The molecule has 1 fully saturated rings. The molecule has 0 saturated carbocycles. The van der Waals surface area contributed by atoms with Gasteiger partial charge in [-0.2, -0.15) is 0 Å². The number of nitrogens with one attached hydrogen (secondary N) is 2. The lowest BCUT2D eigenvalue weighted by Gasteiger charge is -2.34. The van der Waals surface area contributed by atoms with Gasteiger partial charge in [-0.05, 0) is 37.7 Å². The zero-order valence-electron chi connectivity index (χ0n) is 10.7. The predicted octanol–water partition coefficient (Wildman–Crippen LogP) is 1.28. The van der Waals surface area contributed by atoms with Crippen LogP contribution in [0.25, 0.3) is 0 Å². The number of hydrogen-bond acceptors (Lipinski definition) is 3. The second-order valence-corrected chi connectivity index (χ2v) is 5.49. The quantitative estimate of drug-likeness (QED) is 0.884. The normalized spacial score (nSPS) is 19.8. The number of rotatable bonds is 3. The SMILES string of the molecule is CNCC1CN(c2ccc(Br)c(C)c2)CC(=O)N1. The Morgan fingerprint density at radius 2 is 2.33 bits per heavy atom. The minimum Gasteiger partial charge on any atom is -0.360 e. The van der Waals surface area contributed by atoms with Gasteiger partial charge in [0.1, 0.15) is 0 Å². The molecular weight excluding hydrogens is 294 g/mol. The molecule has 0 aliphatic carbocycles. The molecule has 1 aromatic rings. The highest BCUT2D eigenvalue weighted by Crippen LogP contribution is 2.23. The van der Waals surface area contributed by atoms with E-state index in [1.54, 1.807) is 0 Å². The lowest BCUT2D eigenvalue weighted by molar-refractivity contribution is -0.121. The van der Waals surface area contributed by atoms with E-state index in [0.29, 0.717) is 6.54 Å². The van der Waals surface area contributed by atoms with Crippen LogP contribution >= 0.6 is 15.9 Å². The van der Waals surface area contributed by atoms with E-state index in [1.165, 1.54) is 5.56 Å². The minimum absolute atomic E-state index is 0.0853. The topological polar surface area (TPSA) is 44.4 Å². The summed E-state index contributed by atoms with van der Waals surface area (Å²) in [6.07, 6.45) is 0.